The number of carbonyl (C=O) groups is 1. The molecule has 0 aliphatic carbocycles. The second-order valence-corrected chi connectivity index (χ2v) is 7.38. The predicted octanol–water partition coefficient (Wildman–Crippen LogP) is 0.659. The Morgan fingerprint density at radius 3 is 2.52 bits per heavy atom. The summed E-state index contributed by atoms with van der Waals surface area (Å²) >= 11 is 0. The molecule has 0 unspecified atom stereocenters. The van der Waals surface area contributed by atoms with Crippen LogP contribution in [0, 0.1) is 5.82 Å². The molecular weight excluding hydrogens is 381 g/mol. The van der Waals surface area contributed by atoms with Gasteiger partial charge in [-0.25, -0.2) is 9.18 Å². The number of likely N-dealkylation sites (tertiary alicyclic amines) is 1. The van der Waals surface area contributed by atoms with Crippen LogP contribution in [0.2, 0.25) is 0 Å². The molecule has 29 heavy (non-hydrogen) atoms. The molecule has 156 valence electrons. The normalized spacial score (nSPS) is 19.7. The van der Waals surface area contributed by atoms with E-state index in [1.54, 1.807) is 0 Å². The second-order valence-electron chi connectivity index (χ2n) is 7.38. The Morgan fingerprint density at radius 1 is 1.14 bits per heavy atom. The number of ether oxygens (including phenoxy) is 1. The van der Waals surface area contributed by atoms with Gasteiger partial charge in [-0.05, 0) is 43.5 Å². The van der Waals surface area contributed by atoms with Crippen LogP contribution < -0.4 is 16.0 Å². The highest BCUT2D eigenvalue weighted by atomic mass is 19.1. The van der Waals surface area contributed by atoms with Crippen molar-refractivity contribution in [2.24, 2.45) is 14.1 Å². The molecule has 0 spiro atoms. The van der Waals surface area contributed by atoms with Gasteiger partial charge in [-0.1, -0.05) is 0 Å². The molecule has 1 aliphatic heterocycles. The summed E-state index contributed by atoms with van der Waals surface area (Å²) < 4.78 is 20.7. The van der Waals surface area contributed by atoms with Crippen molar-refractivity contribution in [2.45, 2.75) is 24.9 Å². The van der Waals surface area contributed by atoms with E-state index in [1.165, 1.54) is 43.3 Å². The molecule has 2 heterocycles. The molecular formula is C20H24FN3O5. The summed E-state index contributed by atoms with van der Waals surface area (Å²) in [5.41, 5.74) is -2.23. The number of benzene rings is 1. The second kappa shape index (κ2) is 8.20. The molecule has 1 aromatic heterocycles. The van der Waals surface area contributed by atoms with Crippen LogP contribution in [-0.4, -0.2) is 50.3 Å². The zero-order chi connectivity index (χ0) is 21.2. The van der Waals surface area contributed by atoms with Gasteiger partial charge < -0.3 is 14.7 Å². The first kappa shape index (κ1) is 20.8. The summed E-state index contributed by atoms with van der Waals surface area (Å²) in [6.07, 6.45) is 1.24. The van der Waals surface area contributed by atoms with Crippen LogP contribution >= 0.6 is 0 Å². The Labute approximate surface area is 166 Å². The Morgan fingerprint density at radius 2 is 1.83 bits per heavy atom. The van der Waals surface area contributed by atoms with Gasteiger partial charge in [0.1, 0.15) is 29.5 Å². The number of nitrogens with zero attached hydrogens (tertiary/aromatic N) is 3. The van der Waals surface area contributed by atoms with E-state index in [4.69, 9.17) is 4.74 Å². The van der Waals surface area contributed by atoms with E-state index in [0.717, 1.165) is 15.2 Å². The van der Waals surface area contributed by atoms with Gasteiger partial charge in [0.15, 0.2) is 0 Å². The van der Waals surface area contributed by atoms with Crippen molar-refractivity contribution in [2.75, 3.05) is 19.7 Å². The third kappa shape index (κ3) is 4.56. The quantitative estimate of drug-likeness (QED) is 0.807. The fourth-order valence-electron chi connectivity index (χ4n) is 3.37. The molecule has 1 N–H and O–H groups in total. The summed E-state index contributed by atoms with van der Waals surface area (Å²) in [6, 6.07) is 6.68. The zero-order valence-corrected chi connectivity index (χ0v) is 16.4. The molecule has 1 atom stereocenters. The van der Waals surface area contributed by atoms with Crippen LogP contribution in [0.3, 0.4) is 0 Å². The molecule has 3 rings (SSSR count). The van der Waals surface area contributed by atoms with Crippen molar-refractivity contribution in [3.8, 4) is 5.75 Å². The van der Waals surface area contributed by atoms with Gasteiger partial charge in [0.05, 0.1) is 0 Å². The van der Waals surface area contributed by atoms with Gasteiger partial charge in [0, 0.05) is 33.3 Å². The number of aliphatic hydroxyl groups is 1. The van der Waals surface area contributed by atoms with Crippen molar-refractivity contribution < 1.29 is 19.0 Å². The highest BCUT2D eigenvalue weighted by Crippen LogP contribution is 2.25. The summed E-state index contributed by atoms with van der Waals surface area (Å²) in [7, 11) is 2.80. The van der Waals surface area contributed by atoms with E-state index < -0.39 is 22.8 Å². The maximum Gasteiger partial charge on any atom is 0.331 e. The highest BCUT2D eigenvalue weighted by Gasteiger charge is 2.33. The molecule has 1 saturated heterocycles. The largest absolute Gasteiger partial charge is 0.491 e. The maximum absolute atomic E-state index is 13.0. The third-order valence-corrected chi connectivity index (χ3v) is 5.27. The molecule has 8 nitrogen and oxygen atoms in total. The lowest BCUT2D eigenvalue weighted by molar-refractivity contribution is -0.0163. The monoisotopic (exact) mass is 405 g/mol. The van der Waals surface area contributed by atoms with E-state index in [9.17, 15) is 23.9 Å². The Balaban J connectivity index is 1.69. The predicted molar refractivity (Wildman–Crippen MR) is 104 cm³/mol. The fourth-order valence-corrected chi connectivity index (χ4v) is 3.37. The Kier molecular flexibility index (Phi) is 5.88. The van der Waals surface area contributed by atoms with Crippen LogP contribution in [0.1, 0.15) is 29.8 Å². The van der Waals surface area contributed by atoms with E-state index in [1.807, 2.05) is 0 Å². The van der Waals surface area contributed by atoms with Crippen molar-refractivity contribution in [1.29, 1.82) is 0 Å². The standard InChI is InChI=1S/C20H24FN3O5/c1-22-16(12-17(25)23(2)19(22)27)18(26)24-10-3-8-20(28,9-11-24)13-29-15-6-4-14(21)5-7-15/h4-7,12,28H,3,8-11,13H2,1-2H3/t20-/m0/s1. The van der Waals surface area contributed by atoms with Crippen molar-refractivity contribution >= 4 is 5.91 Å². The number of amides is 1. The minimum atomic E-state index is -1.14. The van der Waals surface area contributed by atoms with Gasteiger partial charge in [-0.15, -0.1) is 0 Å². The summed E-state index contributed by atoms with van der Waals surface area (Å²) in [5, 5.41) is 10.9. The first-order valence-electron chi connectivity index (χ1n) is 9.37. The summed E-state index contributed by atoms with van der Waals surface area (Å²) in [4.78, 5) is 38.4. The van der Waals surface area contributed by atoms with Gasteiger partial charge in [0.25, 0.3) is 11.5 Å². The minimum Gasteiger partial charge on any atom is -0.491 e. The van der Waals surface area contributed by atoms with Gasteiger partial charge in [0.2, 0.25) is 0 Å². The average Bonchev–Trinajstić information content (AvgIpc) is 2.90. The summed E-state index contributed by atoms with van der Waals surface area (Å²) in [6.45, 7) is 0.664. The van der Waals surface area contributed by atoms with Gasteiger partial charge in [-0.3, -0.25) is 18.7 Å². The molecule has 2 aromatic rings. The molecule has 1 aromatic carbocycles. The number of rotatable bonds is 4. The van der Waals surface area contributed by atoms with Crippen molar-refractivity contribution in [1.82, 2.24) is 14.0 Å². The number of carbonyl (C=O) groups excluding carboxylic acids is 1. The third-order valence-electron chi connectivity index (χ3n) is 5.27. The SMILES string of the molecule is Cn1c(C(=O)N2CCC[C@@](O)(COc3ccc(F)cc3)CC2)cc(=O)n(C)c1=O. The topological polar surface area (TPSA) is 93.8 Å². The van der Waals surface area contributed by atoms with Crippen LogP contribution in [0.4, 0.5) is 4.39 Å². The molecule has 0 bridgehead atoms. The van der Waals surface area contributed by atoms with Crippen LogP contribution in [0.25, 0.3) is 0 Å². The Bertz CT molecular complexity index is 1010. The zero-order valence-electron chi connectivity index (χ0n) is 16.4. The summed E-state index contributed by atoms with van der Waals surface area (Å²) in [5.74, 6) is -0.344. The maximum atomic E-state index is 13.0. The molecule has 0 saturated carbocycles. The van der Waals surface area contributed by atoms with Crippen molar-refractivity contribution in [3.05, 3.63) is 62.7 Å². The smallest absolute Gasteiger partial charge is 0.331 e. The molecule has 1 aliphatic rings. The lowest BCUT2D eigenvalue weighted by atomic mass is 9.96. The first-order valence-corrected chi connectivity index (χ1v) is 9.37. The fraction of sp³-hybridized carbons (Fsp3) is 0.450. The molecule has 9 heteroatoms. The van der Waals surface area contributed by atoms with Crippen LogP contribution in [-0.2, 0) is 14.1 Å². The average molecular weight is 405 g/mol. The number of hydrogen-bond acceptors (Lipinski definition) is 5. The number of hydrogen-bond donors (Lipinski definition) is 1. The van der Waals surface area contributed by atoms with E-state index in [-0.39, 0.29) is 31.1 Å². The lowest BCUT2D eigenvalue weighted by Gasteiger charge is -2.27. The molecule has 1 fully saturated rings. The van der Waals surface area contributed by atoms with E-state index in [2.05, 4.69) is 0 Å². The first-order chi connectivity index (χ1) is 13.7. The van der Waals surface area contributed by atoms with E-state index >= 15 is 0 Å². The van der Waals surface area contributed by atoms with Crippen LogP contribution in [0.15, 0.2) is 39.9 Å². The number of halogens is 1. The molecule has 0 radical (unpaired) electrons. The highest BCUT2D eigenvalue weighted by molar-refractivity contribution is 5.92. The van der Waals surface area contributed by atoms with Crippen LogP contribution in [0.5, 0.6) is 5.75 Å². The molecule has 1 amide bonds. The Hall–Kier alpha value is -2.94. The minimum absolute atomic E-state index is 0.0189. The van der Waals surface area contributed by atoms with Gasteiger partial charge in [-0.2, -0.15) is 0 Å². The van der Waals surface area contributed by atoms with E-state index in [0.29, 0.717) is 25.1 Å². The lowest BCUT2D eigenvalue weighted by Crippen LogP contribution is -2.43. The van der Waals surface area contributed by atoms with Crippen molar-refractivity contribution in [3.63, 3.8) is 0 Å². The number of aromatic nitrogens is 2. The van der Waals surface area contributed by atoms with Gasteiger partial charge >= 0.3 is 5.69 Å².